The van der Waals surface area contributed by atoms with Gasteiger partial charge in [0.2, 0.25) is 11.9 Å². The van der Waals surface area contributed by atoms with Crippen LogP contribution in [0.25, 0.3) is 0 Å². The Morgan fingerprint density at radius 1 is 1.00 bits per heavy atom. The van der Waals surface area contributed by atoms with Gasteiger partial charge in [0.15, 0.2) is 0 Å². The fourth-order valence-corrected chi connectivity index (χ4v) is 3.18. The van der Waals surface area contributed by atoms with Gasteiger partial charge in [-0.15, -0.1) is 0 Å². The third kappa shape index (κ3) is 5.26. The Bertz CT molecular complexity index is 829. The molecule has 1 aliphatic heterocycles. The molecule has 2 heterocycles. The van der Waals surface area contributed by atoms with E-state index in [-0.39, 0.29) is 11.8 Å². The number of anilines is 3. The van der Waals surface area contributed by atoms with E-state index >= 15 is 0 Å². The molecule has 2 N–H and O–H groups in total. The Balaban J connectivity index is 1.79. The lowest BCUT2D eigenvalue weighted by atomic mass is 10.2. The van der Waals surface area contributed by atoms with Crippen LogP contribution in [-0.2, 0) is 4.79 Å². The minimum atomic E-state index is -0.135. The van der Waals surface area contributed by atoms with Gasteiger partial charge in [-0.3, -0.25) is 9.59 Å². The summed E-state index contributed by atoms with van der Waals surface area (Å²) in [5.74, 6) is 0.190. The van der Waals surface area contributed by atoms with Crippen molar-refractivity contribution in [2.45, 2.75) is 39.5 Å². The summed E-state index contributed by atoms with van der Waals surface area (Å²) >= 11 is 0. The maximum Gasteiger partial charge on any atom is 0.272 e. The summed E-state index contributed by atoms with van der Waals surface area (Å²) in [5, 5.41) is 5.86. The molecule has 0 saturated carbocycles. The number of likely N-dealkylation sites (tertiary alicyclic amines) is 1. The van der Waals surface area contributed by atoms with E-state index in [1.54, 1.807) is 18.2 Å². The van der Waals surface area contributed by atoms with Gasteiger partial charge in [0.05, 0.1) is 0 Å². The lowest BCUT2D eigenvalue weighted by molar-refractivity contribution is -0.114. The standard InChI is InChI=1S/C20H25N5O2/c1-14-12-18(19(27)25-10-5-3-4-6-11-25)24-20(21-14)23-17-9-7-8-16(13-17)22-15(2)26/h7-9,12-13H,3-6,10-11H2,1-2H3,(H,22,26)(H,21,23,24). The highest BCUT2D eigenvalue weighted by atomic mass is 16.2. The van der Waals surface area contributed by atoms with Gasteiger partial charge < -0.3 is 15.5 Å². The SMILES string of the molecule is CC(=O)Nc1cccc(Nc2nc(C)cc(C(=O)N3CCCCCC3)n2)c1. The first-order valence-electron chi connectivity index (χ1n) is 9.31. The summed E-state index contributed by atoms with van der Waals surface area (Å²) in [6.07, 6.45) is 4.42. The van der Waals surface area contributed by atoms with Crippen molar-refractivity contribution in [3.05, 3.63) is 41.7 Å². The monoisotopic (exact) mass is 367 g/mol. The molecule has 27 heavy (non-hydrogen) atoms. The van der Waals surface area contributed by atoms with Crippen LogP contribution in [0.15, 0.2) is 30.3 Å². The number of aryl methyl sites for hydroxylation is 1. The van der Waals surface area contributed by atoms with Gasteiger partial charge >= 0.3 is 0 Å². The Labute approximate surface area is 159 Å². The Morgan fingerprint density at radius 2 is 1.70 bits per heavy atom. The molecule has 142 valence electrons. The van der Waals surface area contributed by atoms with Gasteiger partial charge in [0.25, 0.3) is 5.91 Å². The summed E-state index contributed by atoms with van der Waals surface area (Å²) in [4.78, 5) is 34.8. The van der Waals surface area contributed by atoms with Gasteiger partial charge in [-0.1, -0.05) is 18.9 Å². The summed E-state index contributed by atoms with van der Waals surface area (Å²) in [6, 6.07) is 9.01. The zero-order chi connectivity index (χ0) is 19.2. The van der Waals surface area contributed by atoms with Gasteiger partial charge in [0.1, 0.15) is 5.69 Å². The highest BCUT2D eigenvalue weighted by molar-refractivity contribution is 5.93. The highest BCUT2D eigenvalue weighted by Crippen LogP contribution is 2.19. The lowest BCUT2D eigenvalue weighted by Gasteiger charge is -2.20. The molecule has 3 rings (SSSR count). The van der Waals surface area contributed by atoms with Crippen LogP contribution in [0.1, 0.15) is 48.8 Å². The van der Waals surface area contributed by atoms with Crippen molar-refractivity contribution in [1.82, 2.24) is 14.9 Å². The second-order valence-electron chi connectivity index (χ2n) is 6.81. The second-order valence-corrected chi connectivity index (χ2v) is 6.81. The van der Waals surface area contributed by atoms with E-state index in [2.05, 4.69) is 20.6 Å². The molecular weight excluding hydrogens is 342 g/mol. The molecule has 2 amide bonds. The number of carbonyl (C=O) groups excluding carboxylic acids is 2. The minimum Gasteiger partial charge on any atom is -0.337 e. The molecular formula is C20H25N5O2. The molecule has 1 aromatic heterocycles. The molecule has 0 aliphatic carbocycles. The van der Waals surface area contributed by atoms with Gasteiger partial charge in [-0.05, 0) is 44.0 Å². The van der Waals surface area contributed by atoms with Crippen LogP contribution in [0, 0.1) is 6.92 Å². The van der Waals surface area contributed by atoms with E-state index in [4.69, 9.17) is 0 Å². The minimum absolute atomic E-state index is 0.0440. The van der Waals surface area contributed by atoms with Crippen molar-refractivity contribution in [2.75, 3.05) is 23.7 Å². The van der Waals surface area contributed by atoms with Gasteiger partial charge in [-0.2, -0.15) is 0 Å². The Morgan fingerprint density at radius 3 is 2.41 bits per heavy atom. The molecule has 1 aliphatic rings. The number of rotatable bonds is 4. The third-order valence-corrected chi connectivity index (χ3v) is 4.41. The average Bonchev–Trinajstić information content (AvgIpc) is 2.89. The fourth-order valence-electron chi connectivity index (χ4n) is 3.18. The smallest absolute Gasteiger partial charge is 0.272 e. The van der Waals surface area contributed by atoms with Crippen molar-refractivity contribution in [1.29, 1.82) is 0 Å². The van der Waals surface area contributed by atoms with Crippen LogP contribution in [0.3, 0.4) is 0 Å². The van der Waals surface area contributed by atoms with Crippen LogP contribution in [0.2, 0.25) is 0 Å². The number of nitrogens with zero attached hydrogens (tertiary/aromatic N) is 3. The molecule has 0 unspecified atom stereocenters. The molecule has 1 fully saturated rings. The zero-order valence-electron chi connectivity index (χ0n) is 15.8. The number of carbonyl (C=O) groups is 2. The number of nitrogens with one attached hydrogen (secondary N) is 2. The summed E-state index contributed by atoms with van der Waals surface area (Å²) in [7, 11) is 0. The lowest BCUT2D eigenvalue weighted by Crippen LogP contribution is -2.32. The van der Waals surface area contributed by atoms with Crippen LogP contribution < -0.4 is 10.6 Å². The van der Waals surface area contributed by atoms with Crippen molar-refractivity contribution in [3.8, 4) is 0 Å². The molecule has 7 nitrogen and oxygen atoms in total. The average molecular weight is 367 g/mol. The van der Waals surface area contributed by atoms with Crippen molar-refractivity contribution >= 4 is 29.1 Å². The molecule has 1 aromatic carbocycles. The fraction of sp³-hybridized carbons (Fsp3) is 0.400. The molecule has 0 atom stereocenters. The van der Waals surface area contributed by atoms with Gasteiger partial charge in [-0.25, -0.2) is 9.97 Å². The Kier molecular flexibility index (Phi) is 6.01. The largest absolute Gasteiger partial charge is 0.337 e. The quantitative estimate of drug-likeness (QED) is 0.863. The summed E-state index contributed by atoms with van der Waals surface area (Å²) in [5.41, 5.74) is 2.55. The number of hydrogen-bond donors (Lipinski definition) is 2. The summed E-state index contributed by atoms with van der Waals surface area (Å²) in [6.45, 7) is 4.87. The number of hydrogen-bond acceptors (Lipinski definition) is 5. The van der Waals surface area contributed by atoms with Crippen LogP contribution in [0.5, 0.6) is 0 Å². The van der Waals surface area contributed by atoms with E-state index in [1.807, 2.05) is 24.0 Å². The van der Waals surface area contributed by atoms with Gasteiger partial charge in [0, 0.05) is 37.1 Å². The molecule has 1 saturated heterocycles. The van der Waals surface area contributed by atoms with Crippen LogP contribution in [-0.4, -0.2) is 39.8 Å². The van der Waals surface area contributed by atoms with E-state index in [0.29, 0.717) is 17.3 Å². The maximum absolute atomic E-state index is 12.8. The molecule has 2 aromatic rings. The molecule has 0 spiro atoms. The van der Waals surface area contributed by atoms with E-state index in [0.717, 1.165) is 37.3 Å². The predicted molar refractivity (Wildman–Crippen MR) is 105 cm³/mol. The first-order chi connectivity index (χ1) is 13.0. The third-order valence-electron chi connectivity index (χ3n) is 4.41. The molecule has 0 radical (unpaired) electrons. The first kappa shape index (κ1) is 18.8. The molecule has 0 bridgehead atoms. The van der Waals surface area contributed by atoms with Crippen molar-refractivity contribution < 1.29 is 9.59 Å². The number of benzene rings is 1. The Hall–Kier alpha value is -2.96. The van der Waals surface area contributed by atoms with Crippen LogP contribution in [0.4, 0.5) is 17.3 Å². The number of amides is 2. The van der Waals surface area contributed by atoms with E-state index in [1.165, 1.54) is 19.8 Å². The topological polar surface area (TPSA) is 87.2 Å². The number of aromatic nitrogens is 2. The van der Waals surface area contributed by atoms with Crippen molar-refractivity contribution in [2.24, 2.45) is 0 Å². The second kappa shape index (κ2) is 8.62. The zero-order valence-corrected chi connectivity index (χ0v) is 15.8. The molecule has 7 heteroatoms. The van der Waals surface area contributed by atoms with Crippen molar-refractivity contribution in [3.63, 3.8) is 0 Å². The normalized spacial score (nSPS) is 14.4. The van der Waals surface area contributed by atoms with Crippen LogP contribution >= 0.6 is 0 Å². The highest BCUT2D eigenvalue weighted by Gasteiger charge is 2.19. The predicted octanol–water partition coefficient (Wildman–Crippen LogP) is 3.50. The first-order valence-corrected chi connectivity index (χ1v) is 9.31. The maximum atomic E-state index is 12.8. The van der Waals surface area contributed by atoms with E-state index < -0.39 is 0 Å². The summed E-state index contributed by atoms with van der Waals surface area (Å²) < 4.78 is 0. The van der Waals surface area contributed by atoms with E-state index in [9.17, 15) is 9.59 Å².